The van der Waals surface area contributed by atoms with Gasteiger partial charge >= 0.3 is 6.18 Å². The number of carbonyl (C=O) groups is 1. The predicted octanol–water partition coefficient (Wildman–Crippen LogP) is 4.16. The van der Waals surface area contributed by atoms with E-state index in [9.17, 15) is 22.4 Å². The number of halogens is 4. The molecule has 0 saturated heterocycles. The summed E-state index contributed by atoms with van der Waals surface area (Å²) in [5.41, 5.74) is 0.647. The highest BCUT2D eigenvalue weighted by molar-refractivity contribution is 5.95. The van der Waals surface area contributed by atoms with E-state index in [1.165, 1.54) is 23.0 Å². The standard InChI is InChI=1S/C22H18F4N6O/c1-13-17(12-30-32(13)20-6-4-16(11-28-20)22(24,25)26)21(33)29-10-15-3-5-19(18(23)9-15)31-8-7-27-14(31)2/h3-9,11-12H,10H2,1-2H3,(H,29,33). The van der Waals surface area contributed by atoms with Crippen molar-refractivity contribution in [3.8, 4) is 11.5 Å². The Morgan fingerprint density at radius 3 is 2.48 bits per heavy atom. The van der Waals surface area contributed by atoms with Gasteiger partial charge in [0.25, 0.3) is 5.91 Å². The summed E-state index contributed by atoms with van der Waals surface area (Å²) in [5.74, 6) is -0.127. The van der Waals surface area contributed by atoms with Crippen LogP contribution in [0.15, 0.2) is 55.1 Å². The van der Waals surface area contributed by atoms with Gasteiger partial charge in [-0.15, -0.1) is 0 Å². The Labute approximate surface area is 185 Å². The van der Waals surface area contributed by atoms with E-state index in [2.05, 4.69) is 20.4 Å². The molecule has 3 heterocycles. The van der Waals surface area contributed by atoms with Crippen LogP contribution in [0.4, 0.5) is 17.6 Å². The first-order valence-corrected chi connectivity index (χ1v) is 9.80. The van der Waals surface area contributed by atoms with Gasteiger partial charge in [-0.2, -0.15) is 18.3 Å². The number of rotatable bonds is 5. The summed E-state index contributed by atoms with van der Waals surface area (Å²) in [6, 6.07) is 6.70. The molecule has 170 valence electrons. The van der Waals surface area contributed by atoms with Gasteiger partial charge in [0.15, 0.2) is 5.82 Å². The Hall–Kier alpha value is -4.02. The molecule has 7 nitrogen and oxygen atoms in total. The molecular weight excluding hydrogens is 440 g/mol. The first-order valence-electron chi connectivity index (χ1n) is 9.80. The number of pyridine rings is 1. The van der Waals surface area contributed by atoms with Crippen LogP contribution < -0.4 is 5.32 Å². The third-order valence-corrected chi connectivity index (χ3v) is 5.10. The van der Waals surface area contributed by atoms with E-state index in [0.717, 1.165) is 6.07 Å². The highest BCUT2D eigenvalue weighted by Crippen LogP contribution is 2.29. The Morgan fingerprint density at radius 2 is 1.88 bits per heavy atom. The number of alkyl halides is 3. The van der Waals surface area contributed by atoms with E-state index in [1.807, 2.05) is 0 Å². The predicted molar refractivity (Wildman–Crippen MR) is 111 cm³/mol. The molecule has 33 heavy (non-hydrogen) atoms. The summed E-state index contributed by atoms with van der Waals surface area (Å²) >= 11 is 0. The van der Waals surface area contributed by atoms with Gasteiger partial charge in [-0.05, 0) is 43.7 Å². The lowest BCUT2D eigenvalue weighted by atomic mass is 10.1. The van der Waals surface area contributed by atoms with Crippen molar-refractivity contribution in [1.29, 1.82) is 0 Å². The molecule has 0 saturated carbocycles. The molecule has 4 rings (SSSR count). The second kappa shape index (κ2) is 8.49. The van der Waals surface area contributed by atoms with Crippen molar-refractivity contribution in [3.63, 3.8) is 0 Å². The van der Waals surface area contributed by atoms with Gasteiger partial charge < -0.3 is 9.88 Å². The number of aryl methyl sites for hydroxylation is 1. The Kier molecular flexibility index (Phi) is 5.71. The van der Waals surface area contributed by atoms with Crippen molar-refractivity contribution in [2.24, 2.45) is 0 Å². The van der Waals surface area contributed by atoms with Crippen LogP contribution in [0.25, 0.3) is 11.5 Å². The summed E-state index contributed by atoms with van der Waals surface area (Å²) in [7, 11) is 0. The molecule has 0 atom stereocenters. The molecule has 1 N–H and O–H groups in total. The van der Waals surface area contributed by atoms with Gasteiger partial charge in [-0.1, -0.05) is 6.07 Å². The SMILES string of the molecule is Cc1nccn1-c1ccc(CNC(=O)c2cnn(-c3ccc(C(F)(F)F)cn3)c2C)cc1F. The molecule has 0 aliphatic rings. The van der Waals surface area contributed by atoms with Gasteiger partial charge in [0, 0.05) is 25.1 Å². The number of hydrogen-bond donors (Lipinski definition) is 1. The van der Waals surface area contributed by atoms with Gasteiger partial charge in [0.2, 0.25) is 0 Å². The topological polar surface area (TPSA) is 77.6 Å². The second-order valence-electron chi connectivity index (χ2n) is 7.27. The lowest BCUT2D eigenvalue weighted by Gasteiger charge is -2.10. The van der Waals surface area contributed by atoms with Crippen molar-refractivity contribution in [3.05, 3.63) is 89.1 Å². The van der Waals surface area contributed by atoms with E-state index in [1.54, 1.807) is 42.9 Å². The van der Waals surface area contributed by atoms with Gasteiger partial charge in [0.1, 0.15) is 11.6 Å². The third-order valence-electron chi connectivity index (χ3n) is 5.10. The number of nitrogens with one attached hydrogen (secondary N) is 1. The summed E-state index contributed by atoms with van der Waals surface area (Å²) < 4.78 is 55.6. The van der Waals surface area contributed by atoms with Crippen LogP contribution in [0.2, 0.25) is 0 Å². The number of amides is 1. The van der Waals surface area contributed by atoms with Gasteiger partial charge in [-0.25, -0.2) is 19.0 Å². The Bertz CT molecular complexity index is 1310. The Morgan fingerprint density at radius 1 is 1.09 bits per heavy atom. The smallest absolute Gasteiger partial charge is 0.348 e. The monoisotopic (exact) mass is 458 g/mol. The van der Waals surface area contributed by atoms with Crippen molar-refractivity contribution in [1.82, 2.24) is 29.6 Å². The molecule has 11 heteroatoms. The zero-order valence-electron chi connectivity index (χ0n) is 17.6. The molecule has 1 amide bonds. The van der Waals surface area contributed by atoms with Crippen LogP contribution in [-0.4, -0.2) is 30.2 Å². The van der Waals surface area contributed by atoms with Crippen LogP contribution >= 0.6 is 0 Å². The molecule has 0 bridgehead atoms. The number of carbonyl (C=O) groups excluding carboxylic acids is 1. The van der Waals surface area contributed by atoms with Crippen molar-refractivity contribution >= 4 is 5.91 Å². The highest BCUT2D eigenvalue weighted by atomic mass is 19.4. The number of aromatic nitrogens is 5. The van der Waals surface area contributed by atoms with Crippen LogP contribution in [-0.2, 0) is 12.7 Å². The van der Waals surface area contributed by atoms with Crippen molar-refractivity contribution in [2.45, 2.75) is 26.6 Å². The van der Waals surface area contributed by atoms with E-state index in [4.69, 9.17) is 0 Å². The minimum atomic E-state index is -4.50. The summed E-state index contributed by atoms with van der Waals surface area (Å²) in [5, 5.41) is 6.76. The lowest BCUT2D eigenvalue weighted by Crippen LogP contribution is -2.23. The molecule has 0 radical (unpaired) electrons. The van der Waals surface area contributed by atoms with E-state index in [-0.39, 0.29) is 17.9 Å². The van der Waals surface area contributed by atoms with E-state index in [0.29, 0.717) is 29.0 Å². The molecule has 0 fully saturated rings. The zero-order valence-corrected chi connectivity index (χ0v) is 17.6. The van der Waals surface area contributed by atoms with Crippen LogP contribution in [0.1, 0.15) is 33.0 Å². The minimum Gasteiger partial charge on any atom is -0.348 e. The third kappa shape index (κ3) is 4.47. The van der Waals surface area contributed by atoms with Crippen LogP contribution in [0.3, 0.4) is 0 Å². The maximum absolute atomic E-state index is 14.5. The summed E-state index contributed by atoms with van der Waals surface area (Å²) in [6.07, 6.45) is 0.743. The highest BCUT2D eigenvalue weighted by Gasteiger charge is 2.30. The fraction of sp³-hybridized carbons (Fsp3) is 0.182. The fourth-order valence-electron chi connectivity index (χ4n) is 3.31. The maximum atomic E-state index is 14.5. The minimum absolute atomic E-state index is 0.0715. The van der Waals surface area contributed by atoms with Crippen molar-refractivity contribution < 1.29 is 22.4 Å². The van der Waals surface area contributed by atoms with Gasteiger partial charge in [0.05, 0.1) is 28.7 Å². The van der Waals surface area contributed by atoms with Crippen LogP contribution in [0.5, 0.6) is 0 Å². The fourth-order valence-corrected chi connectivity index (χ4v) is 3.31. The second-order valence-corrected chi connectivity index (χ2v) is 7.27. The molecular formula is C22H18F4N6O. The van der Waals surface area contributed by atoms with Crippen LogP contribution in [0, 0.1) is 19.7 Å². The number of benzene rings is 1. The zero-order chi connectivity index (χ0) is 23.8. The quantitative estimate of drug-likeness (QED) is 0.456. The number of imidazole rings is 1. The summed E-state index contributed by atoms with van der Waals surface area (Å²) in [6.45, 7) is 3.43. The Balaban J connectivity index is 1.46. The van der Waals surface area contributed by atoms with Crippen molar-refractivity contribution in [2.75, 3.05) is 0 Å². The maximum Gasteiger partial charge on any atom is 0.417 e. The normalized spacial score (nSPS) is 11.6. The van der Waals surface area contributed by atoms with E-state index >= 15 is 0 Å². The first-order chi connectivity index (χ1) is 15.6. The molecule has 0 aliphatic heterocycles. The molecule has 3 aromatic heterocycles. The molecule has 4 aromatic rings. The van der Waals surface area contributed by atoms with Gasteiger partial charge in [-0.3, -0.25) is 4.79 Å². The average Bonchev–Trinajstić information content (AvgIpc) is 3.37. The molecule has 0 spiro atoms. The first kappa shape index (κ1) is 22.2. The number of nitrogens with zero attached hydrogens (tertiary/aromatic N) is 5. The molecule has 0 unspecified atom stereocenters. The largest absolute Gasteiger partial charge is 0.417 e. The average molecular weight is 458 g/mol. The summed E-state index contributed by atoms with van der Waals surface area (Å²) in [4.78, 5) is 20.5. The molecule has 1 aromatic carbocycles. The number of hydrogen-bond acceptors (Lipinski definition) is 4. The van der Waals surface area contributed by atoms with E-state index < -0.39 is 23.5 Å². The lowest BCUT2D eigenvalue weighted by molar-refractivity contribution is -0.137. The molecule has 0 aliphatic carbocycles.